The van der Waals surface area contributed by atoms with Crippen LogP contribution in [0.5, 0.6) is 0 Å². The van der Waals surface area contributed by atoms with Gasteiger partial charge in [0.25, 0.3) is 5.91 Å². The summed E-state index contributed by atoms with van der Waals surface area (Å²) in [7, 11) is 0. The number of aryl methyl sites for hydroxylation is 2. The van der Waals surface area contributed by atoms with Crippen molar-refractivity contribution in [3.63, 3.8) is 0 Å². The van der Waals surface area contributed by atoms with Crippen molar-refractivity contribution in [1.82, 2.24) is 25.4 Å². The van der Waals surface area contributed by atoms with Crippen LogP contribution in [0.1, 0.15) is 40.6 Å². The Morgan fingerprint density at radius 3 is 2.59 bits per heavy atom. The summed E-state index contributed by atoms with van der Waals surface area (Å²) < 4.78 is 10.6. The van der Waals surface area contributed by atoms with E-state index in [1.165, 1.54) is 6.26 Å². The number of carbonyl (C=O) groups is 1. The molecule has 0 radical (unpaired) electrons. The van der Waals surface area contributed by atoms with Crippen LogP contribution in [-0.4, -0.2) is 26.0 Å². The molecule has 29 heavy (non-hydrogen) atoms. The van der Waals surface area contributed by atoms with Crippen molar-refractivity contribution in [2.75, 3.05) is 0 Å². The van der Waals surface area contributed by atoms with E-state index in [-0.39, 0.29) is 5.91 Å². The normalized spacial score (nSPS) is 12.0. The third kappa shape index (κ3) is 4.06. The van der Waals surface area contributed by atoms with Gasteiger partial charge in [0.15, 0.2) is 5.82 Å². The highest BCUT2D eigenvalue weighted by Crippen LogP contribution is 2.27. The Balaban J connectivity index is 1.69. The van der Waals surface area contributed by atoms with E-state index < -0.39 is 6.04 Å². The first-order valence-corrected chi connectivity index (χ1v) is 9.08. The Morgan fingerprint density at radius 1 is 1.10 bits per heavy atom. The zero-order valence-corrected chi connectivity index (χ0v) is 16.2. The molecule has 0 bridgehead atoms. The van der Waals surface area contributed by atoms with Crippen molar-refractivity contribution in [2.24, 2.45) is 0 Å². The molecule has 3 aromatic heterocycles. The maximum absolute atomic E-state index is 12.9. The summed E-state index contributed by atoms with van der Waals surface area (Å²) in [6.07, 6.45) is 4.84. The molecule has 8 nitrogen and oxygen atoms in total. The zero-order valence-electron chi connectivity index (χ0n) is 16.2. The monoisotopic (exact) mass is 389 g/mol. The lowest BCUT2D eigenvalue weighted by molar-refractivity contribution is 0.0932. The van der Waals surface area contributed by atoms with Gasteiger partial charge in [-0.15, -0.1) is 0 Å². The number of pyridine rings is 1. The van der Waals surface area contributed by atoms with Gasteiger partial charge in [-0.25, -0.2) is 4.98 Å². The first-order valence-electron chi connectivity index (χ1n) is 9.08. The summed E-state index contributed by atoms with van der Waals surface area (Å²) in [6, 6.07) is 8.85. The molecule has 1 atom stereocenters. The highest BCUT2D eigenvalue weighted by Gasteiger charge is 2.19. The average molecular weight is 389 g/mol. The van der Waals surface area contributed by atoms with Crippen molar-refractivity contribution in [2.45, 2.75) is 26.8 Å². The first-order chi connectivity index (χ1) is 14.0. The van der Waals surface area contributed by atoms with Crippen LogP contribution in [-0.2, 0) is 0 Å². The summed E-state index contributed by atoms with van der Waals surface area (Å²) in [5, 5.41) is 6.64. The number of oxazole rings is 1. The molecule has 0 aliphatic carbocycles. The molecule has 0 saturated heterocycles. The number of carbonyl (C=O) groups excluding carboxylic acids is 1. The average Bonchev–Trinajstić information content (AvgIpc) is 3.40. The van der Waals surface area contributed by atoms with Crippen molar-refractivity contribution < 1.29 is 13.7 Å². The van der Waals surface area contributed by atoms with Gasteiger partial charge in [0.05, 0.1) is 11.9 Å². The van der Waals surface area contributed by atoms with Crippen LogP contribution in [0.4, 0.5) is 0 Å². The predicted octanol–water partition coefficient (Wildman–Crippen LogP) is 3.89. The summed E-state index contributed by atoms with van der Waals surface area (Å²) in [4.78, 5) is 25.7. The fourth-order valence-electron chi connectivity index (χ4n) is 2.87. The maximum Gasteiger partial charge on any atom is 0.251 e. The van der Waals surface area contributed by atoms with Crippen LogP contribution in [0.25, 0.3) is 22.7 Å². The van der Waals surface area contributed by atoms with Gasteiger partial charge in [-0.1, -0.05) is 11.2 Å². The number of rotatable bonds is 5. The van der Waals surface area contributed by atoms with E-state index in [0.717, 1.165) is 16.8 Å². The van der Waals surface area contributed by atoms with E-state index in [9.17, 15) is 4.79 Å². The van der Waals surface area contributed by atoms with E-state index in [2.05, 4.69) is 25.4 Å². The Kier molecular flexibility index (Phi) is 4.90. The third-order valence-electron chi connectivity index (χ3n) is 4.34. The van der Waals surface area contributed by atoms with E-state index in [1.54, 1.807) is 38.4 Å². The number of hydrogen-bond acceptors (Lipinski definition) is 7. The van der Waals surface area contributed by atoms with Crippen LogP contribution < -0.4 is 5.32 Å². The van der Waals surface area contributed by atoms with Gasteiger partial charge in [-0.3, -0.25) is 9.78 Å². The van der Waals surface area contributed by atoms with Gasteiger partial charge in [0.1, 0.15) is 12.3 Å². The van der Waals surface area contributed by atoms with Crippen LogP contribution in [0, 0.1) is 13.8 Å². The van der Waals surface area contributed by atoms with Crippen LogP contribution >= 0.6 is 0 Å². The number of aromatic nitrogens is 4. The topological polar surface area (TPSA) is 107 Å². The molecule has 8 heteroatoms. The van der Waals surface area contributed by atoms with Gasteiger partial charge in [0.2, 0.25) is 11.8 Å². The second-order valence-corrected chi connectivity index (χ2v) is 6.73. The van der Waals surface area contributed by atoms with Crippen molar-refractivity contribution >= 4 is 5.91 Å². The van der Waals surface area contributed by atoms with Gasteiger partial charge in [-0.2, -0.15) is 4.98 Å². The maximum atomic E-state index is 12.9. The minimum atomic E-state index is -0.435. The smallest absolute Gasteiger partial charge is 0.251 e. The fraction of sp³-hybridized carbons (Fsp3) is 0.190. The second-order valence-electron chi connectivity index (χ2n) is 6.73. The lowest BCUT2D eigenvalue weighted by Crippen LogP contribution is -2.27. The first kappa shape index (κ1) is 18.5. The molecule has 4 rings (SSSR count). The third-order valence-corrected chi connectivity index (χ3v) is 4.34. The molecule has 0 aliphatic heterocycles. The van der Waals surface area contributed by atoms with Crippen LogP contribution in [0.2, 0.25) is 0 Å². The highest BCUT2D eigenvalue weighted by atomic mass is 16.5. The van der Waals surface area contributed by atoms with Crippen LogP contribution in [0.3, 0.4) is 0 Å². The lowest BCUT2D eigenvalue weighted by Gasteiger charge is -2.12. The number of benzene rings is 1. The summed E-state index contributed by atoms with van der Waals surface area (Å²) in [5.74, 6) is 1.00. The Hall–Kier alpha value is -3.81. The van der Waals surface area contributed by atoms with Gasteiger partial charge >= 0.3 is 0 Å². The molecule has 0 aliphatic rings. The minimum absolute atomic E-state index is 0.282. The molecular weight excluding hydrogens is 370 g/mol. The number of nitrogens with zero attached hydrogens (tertiary/aromatic N) is 4. The zero-order chi connectivity index (χ0) is 20.4. The Morgan fingerprint density at radius 2 is 1.93 bits per heavy atom. The van der Waals surface area contributed by atoms with E-state index in [0.29, 0.717) is 28.7 Å². The molecule has 0 spiro atoms. The molecule has 146 valence electrons. The standard InChI is InChI=1S/C21H19N5O3/c1-12-4-5-18(23-11-12)15-8-16(10-17(9-15)21-22-6-7-28-21)19(27)24-13(2)20-25-14(3)26-29-20/h4-11,13H,1-3H3,(H,24,27)/t13-/m1/s1. The van der Waals surface area contributed by atoms with E-state index >= 15 is 0 Å². The van der Waals surface area contributed by atoms with Crippen molar-refractivity contribution in [3.05, 3.63) is 71.8 Å². The molecule has 1 N–H and O–H groups in total. The van der Waals surface area contributed by atoms with Crippen molar-refractivity contribution in [3.8, 4) is 22.7 Å². The molecule has 0 unspecified atom stereocenters. The van der Waals surface area contributed by atoms with Gasteiger partial charge in [-0.05, 0) is 50.6 Å². The number of hydrogen-bond donors (Lipinski definition) is 1. The number of amides is 1. The van der Waals surface area contributed by atoms with Crippen LogP contribution in [0.15, 0.2) is 57.9 Å². The fourth-order valence-corrected chi connectivity index (χ4v) is 2.87. The van der Waals surface area contributed by atoms with E-state index in [4.69, 9.17) is 8.94 Å². The highest BCUT2D eigenvalue weighted by molar-refractivity contribution is 5.97. The SMILES string of the molecule is Cc1ccc(-c2cc(C(=O)N[C@H](C)c3nc(C)no3)cc(-c3ncco3)c2)nc1. The molecular formula is C21H19N5O3. The Labute approximate surface area is 167 Å². The Bertz CT molecular complexity index is 1130. The molecule has 1 amide bonds. The minimum Gasteiger partial charge on any atom is -0.445 e. The van der Waals surface area contributed by atoms with Crippen molar-refractivity contribution in [1.29, 1.82) is 0 Å². The number of nitrogens with one attached hydrogen (secondary N) is 1. The lowest BCUT2D eigenvalue weighted by atomic mass is 10.0. The quantitative estimate of drug-likeness (QED) is 0.552. The molecule has 1 aromatic carbocycles. The second kappa shape index (κ2) is 7.67. The predicted molar refractivity (Wildman–Crippen MR) is 105 cm³/mol. The molecule has 0 saturated carbocycles. The summed E-state index contributed by atoms with van der Waals surface area (Å²) in [6.45, 7) is 5.48. The van der Waals surface area contributed by atoms with E-state index in [1.807, 2.05) is 25.1 Å². The molecule has 3 heterocycles. The molecule has 4 aromatic rings. The summed E-state index contributed by atoms with van der Waals surface area (Å²) in [5.41, 5.74) is 3.72. The summed E-state index contributed by atoms with van der Waals surface area (Å²) >= 11 is 0. The van der Waals surface area contributed by atoms with Gasteiger partial charge < -0.3 is 14.3 Å². The molecule has 0 fully saturated rings. The largest absolute Gasteiger partial charge is 0.445 e. The van der Waals surface area contributed by atoms with Gasteiger partial charge in [0, 0.05) is 22.9 Å².